The van der Waals surface area contributed by atoms with Crippen LogP contribution in [0.25, 0.3) is 0 Å². The van der Waals surface area contributed by atoms with E-state index >= 15 is 0 Å². The van der Waals surface area contributed by atoms with Crippen molar-refractivity contribution < 1.29 is 23.7 Å². The maximum atomic E-state index is 6.34. The molecule has 0 N–H and O–H groups in total. The summed E-state index contributed by atoms with van der Waals surface area (Å²) in [6, 6.07) is 9.99. The first kappa shape index (κ1) is 19.6. The Bertz CT molecular complexity index is 630. The number of benzene rings is 1. The fourth-order valence-electron chi connectivity index (χ4n) is 4.04. The van der Waals surface area contributed by atoms with E-state index in [-0.39, 0.29) is 24.4 Å². The lowest BCUT2D eigenvalue weighted by atomic mass is 10.0. The first-order valence-corrected chi connectivity index (χ1v) is 10.2. The van der Waals surface area contributed by atoms with Crippen molar-refractivity contribution in [1.29, 1.82) is 0 Å². The molecule has 27 heavy (non-hydrogen) atoms. The molecule has 0 radical (unpaired) electrons. The van der Waals surface area contributed by atoms with Crippen molar-refractivity contribution in [3.8, 4) is 0 Å². The molecule has 0 bridgehead atoms. The highest BCUT2D eigenvalue weighted by atomic mass is 35.5. The molecule has 6 atom stereocenters. The molecule has 7 heteroatoms. The predicted molar refractivity (Wildman–Crippen MR) is 100 cm³/mol. The third kappa shape index (κ3) is 4.03. The number of fused-ring (bicyclic) bond motifs is 3. The zero-order chi connectivity index (χ0) is 19.0. The van der Waals surface area contributed by atoms with Crippen LogP contribution in [0.2, 0.25) is 0 Å². The van der Waals surface area contributed by atoms with Crippen molar-refractivity contribution in [3.05, 3.63) is 35.9 Å². The zero-order valence-corrected chi connectivity index (χ0v) is 16.8. The van der Waals surface area contributed by atoms with E-state index < -0.39 is 18.4 Å². The number of hydrogen-bond acceptors (Lipinski definition) is 6. The molecule has 0 aromatic heterocycles. The van der Waals surface area contributed by atoms with Crippen molar-refractivity contribution in [2.45, 2.75) is 63.6 Å². The monoisotopic (exact) mass is 397 g/mol. The van der Waals surface area contributed by atoms with Gasteiger partial charge in [0, 0.05) is 24.5 Å². The van der Waals surface area contributed by atoms with Gasteiger partial charge in [0.2, 0.25) is 0 Å². The van der Waals surface area contributed by atoms with Crippen LogP contribution < -0.4 is 0 Å². The van der Waals surface area contributed by atoms with Crippen LogP contribution in [0, 0.1) is 0 Å². The van der Waals surface area contributed by atoms with Gasteiger partial charge in [-0.1, -0.05) is 37.3 Å². The minimum absolute atomic E-state index is 0.155. The summed E-state index contributed by atoms with van der Waals surface area (Å²) in [7, 11) is 0. The van der Waals surface area contributed by atoms with Crippen LogP contribution in [0.3, 0.4) is 0 Å². The molecule has 1 aromatic carbocycles. The number of nitrogens with zero attached hydrogens (tertiary/aromatic N) is 1. The molecule has 3 heterocycles. The smallest absolute Gasteiger partial charge is 0.190 e. The molecule has 3 saturated heterocycles. The van der Waals surface area contributed by atoms with Crippen LogP contribution in [-0.4, -0.2) is 66.9 Å². The van der Waals surface area contributed by atoms with E-state index in [4.69, 9.17) is 35.3 Å². The molecule has 3 fully saturated rings. The summed E-state index contributed by atoms with van der Waals surface area (Å²) in [5.41, 5.74) is 0.989. The fourth-order valence-corrected chi connectivity index (χ4v) is 4.28. The number of hydrogen-bond donors (Lipinski definition) is 0. The number of ether oxygens (including phenoxy) is 5. The van der Waals surface area contributed by atoms with Gasteiger partial charge in [-0.25, -0.2) is 0 Å². The van der Waals surface area contributed by atoms with Gasteiger partial charge in [-0.3, -0.25) is 4.90 Å². The Kier molecular flexibility index (Phi) is 5.77. The first-order valence-electron chi connectivity index (χ1n) is 9.66. The van der Waals surface area contributed by atoms with Crippen molar-refractivity contribution >= 4 is 11.6 Å². The summed E-state index contributed by atoms with van der Waals surface area (Å²) < 4.78 is 30.8. The Morgan fingerprint density at radius 1 is 1.00 bits per heavy atom. The van der Waals surface area contributed by atoms with Crippen LogP contribution >= 0.6 is 11.6 Å². The molecule has 3 aliphatic rings. The zero-order valence-electron chi connectivity index (χ0n) is 16.0. The minimum Gasteiger partial charge on any atom is -0.341 e. The van der Waals surface area contributed by atoms with Gasteiger partial charge < -0.3 is 23.7 Å². The van der Waals surface area contributed by atoms with Gasteiger partial charge in [0.25, 0.3) is 0 Å². The van der Waals surface area contributed by atoms with Gasteiger partial charge in [-0.05, 0) is 20.4 Å². The quantitative estimate of drug-likeness (QED) is 0.688. The number of halogens is 1. The summed E-state index contributed by atoms with van der Waals surface area (Å²) in [4.78, 5) is 2.27. The highest BCUT2D eigenvalue weighted by Gasteiger charge is 2.60. The Morgan fingerprint density at radius 2 is 1.78 bits per heavy atom. The number of rotatable bonds is 6. The Morgan fingerprint density at radius 3 is 2.48 bits per heavy atom. The van der Waals surface area contributed by atoms with Crippen LogP contribution in [-0.2, 0) is 23.7 Å². The summed E-state index contributed by atoms with van der Waals surface area (Å²) in [6.45, 7) is 8.34. The molecule has 0 spiro atoms. The highest BCUT2D eigenvalue weighted by Crippen LogP contribution is 2.45. The van der Waals surface area contributed by atoms with E-state index in [1.807, 2.05) is 44.2 Å². The Labute approximate surface area is 165 Å². The molecule has 3 aliphatic heterocycles. The van der Waals surface area contributed by atoms with Gasteiger partial charge in [-0.15, -0.1) is 11.6 Å². The van der Waals surface area contributed by atoms with E-state index in [2.05, 4.69) is 11.8 Å². The molecule has 6 unspecified atom stereocenters. The largest absolute Gasteiger partial charge is 0.341 e. The third-order valence-corrected chi connectivity index (χ3v) is 5.50. The lowest BCUT2D eigenvalue weighted by Gasteiger charge is -2.41. The Balaban J connectivity index is 1.57. The van der Waals surface area contributed by atoms with Gasteiger partial charge in [0.15, 0.2) is 18.4 Å². The van der Waals surface area contributed by atoms with Crippen LogP contribution in [0.1, 0.15) is 32.6 Å². The van der Waals surface area contributed by atoms with Gasteiger partial charge >= 0.3 is 0 Å². The van der Waals surface area contributed by atoms with Crippen molar-refractivity contribution in [2.75, 3.05) is 25.5 Å². The molecule has 6 nitrogen and oxygen atoms in total. The molecular formula is C20H28ClNO5. The van der Waals surface area contributed by atoms with Crippen LogP contribution in [0.5, 0.6) is 0 Å². The van der Waals surface area contributed by atoms with Crippen LogP contribution in [0.4, 0.5) is 0 Å². The molecule has 0 amide bonds. The van der Waals surface area contributed by atoms with Crippen LogP contribution in [0.15, 0.2) is 30.3 Å². The second kappa shape index (κ2) is 7.95. The molecule has 150 valence electrons. The average Bonchev–Trinajstić information content (AvgIpc) is 3.14. The normalized spacial score (nSPS) is 37.4. The fraction of sp³-hybridized carbons (Fsp3) is 0.700. The predicted octanol–water partition coefficient (Wildman–Crippen LogP) is 2.91. The summed E-state index contributed by atoms with van der Waals surface area (Å²) >= 11 is 5.96. The molecule has 1 aromatic rings. The number of likely N-dealkylation sites (N-methyl/N-ethyl adjacent to an activating group) is 1. The lowest BCUT2D eigenvalue weighted by Crippen LogP contribution is -2.53. The average molecular weight is 398 g/mol. The van der Waals surface area contributed by atoms with E-state index in [0.29, 0.717) is 5.88 Å². The van der Waals surface area contributed by atoms with Crippen molar-refractivity contribution in [2.24, 2.45) is 0 Å². The van der Waals surface area contributed by atoms with Gasteiger partial charge in [0.05, 0.1) is 0 Å². The minimum atomic E-state index is -0.673. The van der Waals surface area contributed by atoms with Gasteiger partial charge in [-0.2, -0.15) is 0 Å². The summed E-state index contributed by atoms with van der Waals surface area (Å²) in [5, 5.41) is 0. The standard InChI is InChI=1S/C20H28ClNO5/c1-4-22(11-10-21)12-14-15-16(17-19(24-15)27-20(2,3)26-17)25-18(23-14)13-8-6-5-7-9-13/h5-9,14-19H,4,10-12H2,1-3H3. The lowest BCUT2D eigenvalue weighted by molar-refractivity contribution is -0.311. The summed E-state index contributed by atoms with van der Waals surface area (Å²) in [5.74, 6) is -0.0897. The highest BCUT2D eigenvalue weighted by molar-refractivity contribution is 6.18. The van der Waals surface area contributed by atoms with Crippen molar-refractivity contribution in [3.63, 3.8) is 0 Å². The maximum absolute atomic E-state index is 6.34. The number of alkyl halides is 1. The topological polar surface area (TPSA) is 49.4 Å². The summed E-state index contributed by atoms with van der Waals surface area (Å²) in [6.07, 6.45) is -1.78. The molecule has 0 saturated carbocycles. The SMILES string of the molecule is CCN(CCCl)CC1OC(c2ccccc2)OC2C1OC1OC(C)(C)OC12. The molecule has 4 rings (SSSR count). The molecule has 0 aliphatic carbocycles. The Hall–Kier alpha value is -0.730. The second-order valence-corrected chi connectivity index (χ2v) is 8.05. The molecular weight excluding hydrogens is 370 g/mol. The second-order valence-electron chi connectivity index (χ2n) is 7.67. The van der Waals surface area contributed by atoms with E-state index in [9.17, 15) is 0 Å². The van der Waals surface area contributed by atoms with E-state index in [0.717, 1.165) is 25.2 Å². The maximum Gasteiger partial charge on any atom is 0.190 e. The van der Waals surface area contributed by atoms with Crippen molar-refractivity contribution in [1.82, 2.24) is 4.90 Å². The van der Waals surface area contributed by atoms with Gasteiger partial charge in [0.1, 0.15) is 24.4 Å². The third-order valence-electron chi connectivity index (χ3n) is 5.33. The first-order chi connectivity index (χ1) is 13.0. The van der Waals surface area contributed by atoms with E-state index in [1.54, 1.807) is 0 Å². The van der Waals surface area contributed by atoms with E-state index in [1.165, 1.54) is 0 Å².